The van der Waals surface area contributed by atoms with Gasteiger partial charge in [-0.05, 0) is 6.92 Å². The fourth-order valence-electron chi connectivity index (χ4n) is 0.928. The molecule has 0 saturated carbocycles. The number of hydrogen-bond donors (Lipinski definition) is 2. The van der Waals surface area contributed by atoms with Crippen molar-refractivity contribution in [2.45, 2.75) is 12.5 Å². The van der Waals surface area contributed by atoms with Crippen molar-refractivity contribution in [1.82, 2.24) is 0 Å². The second-order valence-electron chi connectivity index (χ2n) is 3.99. The third-order valence-electron chi connectivity index (χ3n) is 2.07. The van der Waals surface area contributed by atoms with E-state index in [9.17, 15) is 4.79 Å². The largest absolute Gasteiger partial charge is 0.480 e. The van der Waals surface area contributed by atoms with Gasteiger partial charge in [0.05, 0.1) is 46.2 Å². The highest BCUT2D eigenvalue weighted by molar-refractivity contribution is 5.77. The lowest BCUT2D eigenvalue weighted by atomic mass is 10.1. The molecular weight excluding hydrogens is 242 g/mol. The Balaban J connectivity index is 3.24. The van der Waals surface area contributed by atoms with E-state index in [1.54, 1.807) is 7.11 Å². The summed E-state index contributed by atoms with van der Waals surface area (Å²) in [5.41, 5.74) is 4.11. The highest BCUT2D eigenvalue weighted by Gasteiger charge is 2.27. The number of ether oxygens (including phenoxy) is 4. The number of methoxy groups -OCH3 is 1. The summed E-state index contributed by atoms with van der Waals surface area (Å²) < 4.78 is 20.3. The van der Waals surface area contributed by atoms with Gasteiger partial charge in [-0.3, -0.25) is 4.79 Å². The summed E-state index contributed by atoms with van der Waals surface area (Å²) >= 11 is 0. The Labute approximate surface area is 107 Å². The minimum absolute atomic E-state index is 0.0456. The van der Waals surface area contributed by atoms with Crippen molar-refractivity contribution in [2.75, 3.05) is 53.4 Å². The second-order valence-corrected chi connectivity index (χ2v) is 3.99. The van der Waals surface area contributed by atoms with E-state index < -0.39 is 11.5 Å². The minimum atomic E-state index is -1.36. The molecule has 7 nitrogen and oxygen atoms in total. The lowest BCUT2D eigenvalue weighted by molar-refractivity contribution is -0.145. The molecule has 108 valence electrons. The highest BCUT2D eigenvalue weighted by Crippen LogP contribution is 1.99. The molecule has 0 heterocycles. The lowest BCUT2D eigenvalue weighted by Gasteiger charge is -2.18. The lowest BCUT2D eigenvalue weighted by Crippen LogP contribution is -2.49. The molecule has 0 aromatic rings. The molecule has 0 aliphatic heterocycles. The zero-order valence-corrected chi connectivity index (χ0v) is 11.0. The van der Waals surface area contributed by atoms with E-state index in [-0.39, 0.29) is 6.61 Å². The molecule has 0 radical (unpaired) electrons. The van der Waals surface area contributed by atoms with E-state index in [2.05, 4.69) is 0 Å². The van der Waals surface area contributed by atoms with Crippen LogP contribution in [0.25, 0.3) is 0 Å². The van der Waals surface area contributed by atoms with E-state index in [0.29, 0.717) is 39.6 Å². The van der Waals surface area contributed by atoms with Crippen molar-refractivity contribution in [3.8, 4) is 0 Å². The predicted octanol–water partition coefficient (Wildman–Crippen LogP) is -0.515. The Bertz CT molecular complexity index is 222. The second kappa shape index (κ2) is 10.2. The maximum absolute atomic E-state index is 10.6. The van der Waals surface area contributed by atoms with Gasteiger partial charge >= 0.3 is 5.97 Å². The van der Waals surface area contributed by atoms with Crippen LogP contribution in [0.2, 0.25) is 0 Å². The van der Waals surface area contributed by atoms with Crippen molar-refractivity contribution >= 4 is 5.97 Å². The van der Waals surface area contributed by atoms with Crippen LogP contribution in [-0.2, 0) is 23.7 Å². The topological polar surface area (TPSA) is 100 Å². The number of aliphatic carboxylic acids is 1. The maximum atomic E-state index is 10.6. The van der Waals surface area contributed by atoms with Gasteiger partial charge in [0.15, 0.2) is 0 Å². The Morgan fingerprint density at radius 1 is 1.06 bits per heavy atom. The molecule has 0 aliphatic rings. The number of carbonyl (C=O) groups is 1. The normalized spacial score (nSPS) is 14.4. The fourth-order valence-corrected chi connectivity index (χ4v) is 0.928. The third-order valence-corrected chi connectivity index (χ3v) is 2.07. The molecule has 0 aromatic heterocycles. The van der Waals surface area contributed by atoms with Crippen LogP contribution in [-0.4, -0.2) is 70.0 Å². The van der Waals surface area contributed by atoms with Gasteiger partial charge in [-0.2, -0.15) is 0 Å². The maximum Gasteiger partial charge on any atom is 0.325 e. The first-order valence-electron chi connectivity index (χ1n) is 5.75. The zero-order valence-electron chi connectivity index (χ0n) is 11.0. The summed E-state index contributed by atoms with van der Waals surface area (Å²) in [7, 11) is 1.61. The molecule has 7 heteroatoms. The van der Waals surface area contributed by atoms with Crippen LogP contribution in [0, 0.1) is 0 Å². The van der Waals surface area contributed by atoms with Crippen molar-refractivity contribution in [2.24, 2.45) is 5.73 Å². The van der Waals surface area contributed by atoms with Gasteiger partial charge < -0.3 is 29.8 Å². The molecule has 0 rings (SSSR count). The standard InChI is InChI=1S/C11H23NO6/c1-11(12,10(13)14)9-18-8-7-17-6-5-16-4-3-15-2/h3-9,12H2,1-2H3,(H,13,14). The molecular formula is C11H23NO6. The Kier molecular flexibility index (Phi) is 9.80. The molecule has 18 heavy (non-hydrogen) atoms. The number of carboxylic acid groups (broad SMARTS) is 1. The Morgan fingerprint density at radius 3 is 1.94 bits per heavy atom. The van der Waals surface area contributed by atoms with Crippen LogP contribution in [0.4, 0.5) is 0 Å². The fraction of sp³-hybridized carbons (Fsp3) is 0.909. The molecule has 1 atom stereocenters. The van der Waals surface area contributed by atoms with E-state index in [4.69, 9.17) is 29.8 Å². The molecule has 3 N–H and O–H groups in total. The Morgan fingerprint density at radius 2 is 1.50 bits per heavy atom. The summed E-state index contributed by atoms with van der Waals surface area (Å²) in [6.07, 6.45) is 0. The molecule has 0 fully saturated rings. The van der Waals surface area contributed by atoms with Crippen LogP contribution >= 0.6 is 0 Å². The van der Waals surface area contributed by atoms with Gasteiger partial charge in [-0.1, -0.05) is 0 Å². The van der Waals surface area contributed by atoms with Crippen LogP contribution in [0.1, 0.15) is 6.92 Å². The van der Waals surface area contributed by atoms with Gasteiger partial charge in [0.2, 0.25) is 0 Å². The molecule has 0 spiro atoms. The van der Waals surface area contributed by atoms with E-state index in [1.165, 1.54) is 6.92 Å². The smallest absolute Gasteiger partial charge is 0.325 e. The molecule has 1 unspecified atom stereocenters. The number of rotatable bonds is 12. The first-order valence-corrected chi connectivity index (χ1v) is 5.75. The number of nitrogens with two attached hydrogens (primary N) is 1. The Hall–Kier alpha value is -0.730. The summed E-state index contributed by atoms with van der Waals surface area (Å²) in [4.78, 5) is 10.6. The molecule has 0 aliphatic carbocycles. The van der Waals surface area contributed by atoms with Crippen molar-refractivity contribution in [1.29, 1.82) is 0 Å². The predicted molar refractivity (Wildman–Crippen MR) is 64.6 cm³/mol. The third kappa shape index (κ3) is 9.32. The minimum Gasteiger partial charge on any atom is -0.480 e. The van der Waals surface area contributed by atoms with Crippen molar-refractivity contribution < 1.29 is 28.8 Å². The average Bonchev–Trinajstić information content (AvgIpc) is 2.31. The first kappa shape index (κ1) is 17.3. The molecule has 0 aromatic carbocycles. The quantitative estimate of drug-likeness (QED) is 0.458. The first-order chi connectivity index (χ1) is 8.50. The van der Waals surface area contributed by atoms with Crippen molar-refractivity contribution in [3.63, 3.8) is 0 Å². The SMILES string of the molecule is COCCOCCOCCOCC(C)(N)C(=O)O. The summed E-state index contributed by atoms with van der Waals surface area (Å²) in [6.45, 7) is 4.10. The zero-order chi connectivity index (χ0) is 13.9. The van der Waals surface area contributed by atoms with Gasteiger partial charge in [0.1, 0.15) is 5.54 Å². The van der Waals surface area contributed by atoms with Crippen LogP contribution < -0.4 is 5.73 Å². The average molecular weight is 265 g/mol. The summed E-state index contributed by atoms with van der Waals surface area (Å²) in [5, 5.41) is 8.72. The van der Waals surface area contributed by atoms with Gasteiger partial charge in [0.25, 0.3) is 0 Å². The van der Waals surface area contributed by atoms with Crippen LogP contribution in [0.15, 0.2) is 0 Å². The number of hydrogen-bond acceptors (Lipinski definition) is 6. The molecule has 0 saturated heterocycles. The van der Waals surface area contributed by atoms with E-state index >= 15 is 0 Å². The molecule has 0 bridgehead atoms. The van der Waals surface area contributed by atoms with E-state index in [0.717, 1.165) is 0 Å². The van der Waals surface area contributed by atoms with Gasteiger partial charge in [-0.15, -0.1) is 0 Å². The highest BCUT2D eigenvalue weighted by atomic mass is 16.6. The molecule has 0 amide bonds. The number of carboxylic acids is 1. The van der Waals surface area contributed by atoms with E-state index in [1.807, 2.05) is 0 Å². The van der Waals surface area contributed by atoms with Crippen LogP contribution in [0.5, 0.6) is 0 Å². The van der Waals surface area contributed by atoms with Gasteiger partial charge in [0, 0.05) is 7.11 Å². The van der Waals surface area contributed by atoms with Crippen LogP contribution in [0.3, 0.4) is 0 Å². The summed E-state index contributed by atoms with van der Waals surface area (Å²) in [5.74, 6) is -1.09. The van der Waals surface area contributed by atoms with Crippen molar-refractivity contribution in [3.05, 3.63) is 0 Å². The summed E-state index contributed by atoms with van der Waals surface area (Å²) in [6, 6.07) is 0. The monoisotopic (exact) mass is 265 g/mol. The van der Waals surface area contributed by atoms with Gasteiger partial charge in [-0.25, -0.2) is 0 Å².